The van der Waals surface area contributed by atoms with Gasteiger partial charge in [-0.2, -0.15) is 4.31 Å². The highest BCUT2D eigenvalue weighted by Gasteiger charge is 2.41. The monoisotopic (exact) mass is 429 g/mol. The van der Waals surface area contributed by atoms with Gasteiger partial charge in [-0.05, 0) is 30.5 Å². The standard InChI is InChI=1S/C19H28ClN3O4S/c1-28(25,26)23-12-10-22(11-13-23)9-8-21-18(24)19(6-14-27-15-7-19)16-2-4-17(20)5-3-16/h2-5H,6-15H2,1H3,(H,21,24). The molecule has 0 spiro atoms. The van der Waals surface area contributed by atoms with Crippen LogP contribution < -0.4 is 5.32 Å². The molecule has 1 amide bonds. The number of carbonyl (C=O) groups excluding carboxylic acids is 1. The van der Waals surface area contributed by atoms with Crippen molar-refractivity contribution in [1.82, 2.24) is 14.5 Å². The van der Waals surface area contributed by atoms with Crippen LogP contribution in [0, 0.1) is 0 Å². The average molecular weight is 430 g/mol. The van der Waals surface area contributed by atoms with Gasteiger partial charge in [-0.25, -0.2) is 8.42 Å². The van der Waals surface area contributed by atoms with Gasteiger partial charge in [-0.3, -0.25) is 9.69 Å². The van der Waals surface area contributed by atoms with Crippen LogP contribution in [0.25, 0.3) is 0 Å². The first-order chi connectivity index (χ1) is 13.3. The number of ether oxygens (including phenoxy) is 1. The highest BCUT2D eigenvalue weighted by molar-refractivity contribution is 7.88. The largest absolute Gasteiger partial charge is 0.381 e. The van der Waals surface area contributed by atoms with Gasteiger partial charge in [0, 0.05) is 57.5 Å². The quantitative estimate of drug-likeness (QED) is 0.732. The van der Waals surface area contributed by atoms with E-state index in [-0.39, 0.29) is 5.91 Å². The van der Waals surface area contributed by atoms with Crippen LogP contribution in [-0.2, 0) is 25.0 Å². The van der Waals surface area contributed by atoms with Gasteiger partial charge in [-0.1, -0.05) is 23.7 Å². The molecule has 1 N–H and O–H groups in total. The zero-order valence-corrected chi connectivity index (χ0v) is 17.8. The Hall–Kier alpha value is -1.19. The summed E-state index contributed by atoms with van der Waals surface area (Å²) in [5.41, 5.74) is 0.386. The number of piperazine rings is 1. The van der Waals surface area contributed by atoms with Crippen LogP contribution in [0.4, 0.5) is 0 Å². The molecule has 2 fully saturated rings. The van der Waals surface area contributed by atoms with Crippen molar-refractivity contribution in [2.45, 2.75) is 18.3 Å². The molecule has 9 heteroatoms. The predicted molar refractivity (Wildman–Crippen MR) is 109 cm³/mol. The van der Waals surface area contributed by atoms with Crippen LogP contribution in [-0.4, -0.2) is 82.3 Å². The molecule has 0 unspecified atom stereocenters. The second-order valence-corrected chi connectivity index (χ2v) is 9.88. The summed E-state index contributed by atoms with van der Waals surface area (Å²) in [5.74, 6) is 0.0212. The number of rotatable bonds is 6. The van der Waals surface area contributed by atoms with Crippen molar-refractivity contribution in [2.24, 2.45) is 0 Å². The fraction of sp³-hybridized carbons (Fsp3) is 0.632. The maximum Gasteiger partial charge on any atom is 0.230 e. The summed E-state index contributed by atoms with van der Waals surface area (Å²) in [6.45, 7) is 4.72. The summed E-state index contributed by atoms with van der Waals surface area (Å²) in [6.07, 6.45) is 2.54. The number of nitrogens with one attached hydrogen (secondary N) is 1. The molecule has 0 aromatic heterocycles. The molecule has 1 aromatic carbocycles. The third-order valence-corrected chi connectivity index (χ3v) is 7.25. The van der Waals surface area contributed by atoms with E-state index in [1.807, 2.05) is 24.3 Å². The second kappa shape index (κ2) is 9.09. The summed E-state index contributed by atoms with van der Waals surface area (Å²) in [4.78, 5) is 15.3. The van der Waals surface area contributed by atoms with Crippen LogP contribution in [0.3, 0.4) is 0 Å². The second-order valence-electron chi connectivity index (χ2n) is 7.46. The zero-order valence-electron chi connectivity index (χ0n) is 16.2. The molecular formula is C19H28ClN3O4S. The van der Waals surface area contributed by atoms with Crippen molar-refractivity contribution in [1.29, 1.82) is 0 Å². The number of carbonyl (C=O) groups is 1. The fourth-order valence-electron chi connectivity index (χ4n) is 3.92. The molecule has 3 rings (SSSR count). The first-order valence-corrected chi connectivity index (χ1v) is 11.8. The Labute approximate surface area is 172 Å². The topological polar surface area (TPSA) is 79.0 Å². The van der Waals surface area contributed by atoms with Gasteiger partial charge in [0.2, 0.25) is 15.9 Å². The van der Waals surface area contributed by atoms with Gasteiger partial charge in [0.25, 0.3) is 0 Å². The highest BCUT2D eigenvalue weighted by Crippen LogP contribution is 2.35. The third-order valence-electron chi connectivity index (χ3n) is 5.69. The molecule has 156 valence electrons. The minimum atomic E-state index is -3.12. The van der Waals surface area contributed by atoms with Crippen molar-refractivity contribution in [2.75, 3.05) is 58.7 Å². The summed E-state index contributed by atoms with van der Waals surface area (Å²) < 4.78 is 30.2. The van der Waals surface area contributed by atoms with Gasteiger partial charge in [0.15, 0.2) is 0 Å². The van der Waals surface area contributed by atoms with Gasteiger partial charge in [0.1, 0.15) is 0 Å². The minimum Gasteiger partial charge on any atom is -0.381 e. The van der Waals surface area contributed by atoms with Gasteiger partial charge in [0.05, 0.1) is 11.7 Å². The van der Waals surface area contributed by atoms with E-state index in [9.17, 15) is 13.2 Å². The molecule has 0 saturated carbocycles. The fourth-order valence-corrected chi connectivity index (χ4v) is 4.87. The third kappa shape index (κ3) is 5.04. The normalized spacial score (nSPS) is 21.4. The van der Waals surface area contributed by atoms with E-state index in [4.69, 9.17) is 16.3 Å². The molecule has 2 heterocycles. The number of amides is 1. The van der Waals surface area contributed by atoms with E-state index in [2.05, 4.69) is 10.2 Å². The lowest BCUT2D eigenvalue weighted by molar-refractivity contribution is -0.130. The average Bonchev–Trinajstić information content (AvgIpc) is 2.68. The van der Waals surface area contributed by atoms with Gasteiger partial charge >= 0.3 is 0 Å². The molecule has 2 aliphatic heterocycles. The highest BCUT2D eigenvalue weighted by atomic mass is 35.5. The first kappa shape index (κ1) is 21.5. The van der Waals surface area contributed by atoms with Gasteiger partial charge < -0.3 is 10.1 Å². The smallest absolute Gasteiger partial charge is 0.230 e. The number of halogens is 1. The maximum atomic E-state index is 13.1. The van der Waals surface area contributed by atoms with Crippen molar-refractivity contribution in [3.05, 3.63) is 34.9 Å². The van der Waals surface area contributed by atoms with Crippen molar-refractivity contribution in [3.63, 3.8) is 0 Å². The van der Waals surface area contributed by atoms with E-state index < -0.39 is 15.4 Å². The first-order valence-electron chi connectivity index (χ1n) is 9.61. The Bertz CT molecular complexity index is 771. The lowest BCUT2D eigenvalue weighted by atomic mass is 9.73. The van der Waals surface area contributed by atoms with Gasteiger partial charge in [-0.15, -0.1) is 0 Å². The summed E-state index contributed by atoms with van der Waals surface area (Å²) >= 11 is 6.01. The lowest BCUT2D eigenvalue weighted by Crippen LogP contribution is -2.52. The molecule has 0 aliphatic carbocycles. The van der Waals surface area contributed by atoms with Crippen LogP contribution in [0.15, 0.2) is 24.3 Å². The van der Waals surface area contributed by atoms with Crippen LogP contribution in [0.2, 0.25) is 5.02 Å². The molecule has 0 radical (unpaired) electrons. The molecule has 1 aromatic rings. The Morgan fingerprint density at radius 1 is 1.14 bits per heavy atom. The van der Waals surface area contributed by atoms with Crippen molar-refractivity contribution < 1.29 is 17.9 Å². The Kier molecular flexibility index (Phi) is 6.98. The summed E-state index contributed by atoms with van der Waals surface area (Å²) in [6, 6.07) is 7.50. The Morgan fingerprint density at radius 2 is 1.75 bits per heavy atom. The Balaban J connectivity index is 1.56. The van der Waals surface area contributed by atoms with Crippen molar-refractivity contribution >= 4 is 27.5 Å². The molecular weight excluding hydrogens is 402 g/mol. The molecule has 0 bridgehead atoms. The molecule has 2 saturated heterocycles. The summed E-state index contributed by atoms with van der Waals surface area (Å²) in [5, 5.41) is 3.75. The lowest BCUT2D eigenvalue weighted by Gasteiger charge is -2.37. The molecule has 28 heavy (non-hydrogen) atoms. The number of benzene rings is 1. The van der Waals surface area contributed by atoms with Crippen molar-refractivity contribution in [3.8, 4) is 0 Å². The van der Waals surface area contributed by atoms with E-state index in [0.717, 1.165) is 5.56 Å². The van der Waals surface area contributed by atoms with E-state index in [1.54, 1.807) is 0 Å². The van der Waals surface area contributed by atoms with Crippen LogP contribution >= 0.6 is 11.6 Å². The van der Waals surface area contributed by atoms with Crippen LogP contribution in [0.5, 0.6) is 0 Å². The maximum absolute atomic E-state index is 13.1. The van der Waals surface area contributed by atoms with E-state index in [0.29, 0.717) is 70.3 Å². The number of hydrogen-bond acceptors (Lipinski definition) is 5. The molecule has 2 aliphatic rings. The van der Waals surface area contributed by atoms with Crippen LogP contribution in [0.1, 0.15) is 18.4 Å². The minimum absolute atomic E-state index is 0.0212. The SMILES string of the molecule is CS(=O)(=O)N1CCN(CCNC(=O)C2(c3ccc(Cl)cc3)CCOCC2)CC1. The number of sulfonamides is 1. The van der Waals surface area contributed by atoms with E-state index in [1.165, 1.54) is 10.6 Å². The summed E-state index contributed by atoms with van der Waals surface area (Å²) in [7, 11) is -3.12. The Morgan fingerprint density at radius 3 is 2.32 bits per heavy atom. The number of nitrogens with zero attached hydrogens (tertiary/aromatic N) is 2. The van der Waals surface area contributed by atoms with E-state index >= 15 is 0 Å². The predicted octanol–water partition coefficient (Wildman–Crippen LogP) is 1.08. The zero-order chi connectivity index (χ0) is 20.2. The molecule has 0 atom stereocenters. The number of hydrogen-bond donors (Lipinski definition) is 1. The molecule has 7 nitrogen and oxygen atoms in total.